The number of nitrogens with zero attached hydrogens (tertiary/aromatic N) is 1. The number of aliphatic hydroxyl groups is 1. The molecule has 1 aromatic carbocycles. The van der Waals surface area contributed by atoms with Crippen molar-refractivity contribution in [3.05, 3.63) is 23.8 Å². The molecule has 1 aromatic rings. The fraction of sp³-hybridized carbons (Fsp3) is 0.647. The molecule has 0 bridgehead atoms. The third kappa shape index (κ3) is 2.64. The van der Waals surface area contributed by atoms with E-state index in [2.05, 4.69) is 24.8 Å². The fourth-order valence-corrected chi connectivity index (χ4v) is 3.37. The molecule has 0 aliphatic carbocycles. The van der Waals surface area contributed by atoms with Gasteiger partial charge in [-0.1, -0.05) is 19.9 Å². The number of benzene rings is 1. The van der Waals surface area contributed by atoms with Gasteiger partial charge in [0, 0.05) is 24.3 Å². The van der Waals surface area contributed by atoms with Crippen LogP contribution in [0.2, 0.25) is 0 Å². The molecule has 0 amide bonds. The van der Waals surface area contributed by atoms with E-state index in [1.807, 2.05) is 19.1 Å². The second-order valence-corrected chi connectivity index (χ2v) is 5.95. The molecule has 1 heterocycles. The van der Waals surface area contributed by atoms with Crippen LogP contribution in [0.4, 0.5) is 5.69 Å². The van der Waals surface area contributed by atoms with E-state index in [4.69, 9.17) is 4.74 Å². The molecule has 1 unspecified atom stereocenters. The van der Waals surface area contributed by atoms with Gasteiger partial charge < -0.3 is 14.7 Å². The van der Waals surface area contributed by atoms with Gasteiger partial charge in [-0.2, -0.15) is 0 Å². The second-order valence-electron chi connectivity index (χ2n) is 5.95. The Hall–Kier alpha value is -1.22. The van der Waals surface area contributed by atoms with E-state index in [0.717, 1.165) is 30.1 Å². The number of rotatable bonds is 5. The van der Waals surface area contributed by atoms with Crippen LogP contribution in [0.25, 0.3) is 0 Å². The predicted octanol–water partition coefficient (Wildman–Crippen LogP) is 3.77. The van der Waals surface area contributed by atoms with Crippen LogP contribution in [-0.2, 0) is 0 Å². The minimum atomic E-state index is -0.514. The summed E-state index contributed by atoms with van der Waals surface area (Å²) in [7, 11) is 1.66. The Morgan fingerprint density at radius 2 is 2.05 bits per heavy atom. The predicted molar refractivity (Wildman–Crippen MR) is 83.5 cm³/mol. The first-order valence-electron chi connectivity index (χ1n) is 7.67. The molecule has 20 heavy (non-hydrogen) atoms. The summed E-state index contributed by atoms with van der Waals surface area (Å²) in [6.45, 7) is 8.52. The van der Waals surface area contributed by atoms with Crippen molar-refractivity contribution in [2.24, 2.45) is 5.41 Å². The monoisotopic (exact) mass is 277 g/mol. The zero-order valence-electron chi connectivity index (χ0n) is 13.1. The lowest BCUT2D eigenvalue weighted by Crippen LogP contribution is -2.27. The van der Waals surface area contributed by atoms with E-state index in [-0.39, 0.29) is 0 Å². The number of ether oxygens (including phenoxy) is 1. The summed E-state index contributed by atoms with van der Waals surface area (Å²) in [5.74, 6) is 0.781. The Labute approximate surface area is 122 Å². The van der Waals surface area contributed by atoms with E-state index < -0.39 is 6.10 Å². The van der Waals surface area contributed by atoms with Crippen LogP contribution >= 0.6 is 0 Å². The number of methoxy groups -OCH3 is 1. The van der Waals surface area contributed by atoms with Crippen molar-refractivity contribution in [1.29, 1.82) is 0 Å². The summed E-state index contributed by atoms with van der Waals surface area (Å²) < 4.78 is 5.42. The van der Waals surface area contributed by atoms with Gasteiger partial charge in [-0.25, -0.2) is 0 Å². The van der Waals surface area contributed by atoms with E-state index in [9.17, 15) is 5.11 Å². The molecule has 1 aliphatic rings. The van der Waals surface area contributed by atoms with Crippen LogP contribution in [-0.4, -0.2) is 25.3 Å². The molecule has 1 atom stereocenters. The van der Waals surface area contributed by atoms with E-state index in [1.165, 1.54) is 19.3 Å². The van der Waals surface area contributed by atoms with E-state index >= 15 is 0 Å². The van der Waals surface area contributed by atoms with Crippen molar-refractivity contribution in [2.45, 2.75) is 46.1 Å². The molecule has 0 spiro atoms. The quantitative estimate of drug-likeness (QED) is 0.889. The molecular formula is C17H27NO2. The first-order valence-corrected chi connectivity index (χ1v) is 7.67. The van der Waals surface area contributed by atoms with Crippen molar-refractivity contribution in [2.75, 3.05) is 25.1 Å². The van der Waals surface area contributed by atoms with Gasteiger partial charge >= 0.3 is 0 Å². The van der Waals surface area contributed by atoms with Gasteiger partial charge in [-0.15, -0.1) is 0 Å². The summed E-state index contributed by atoms with van der Waals surface area (Å²) >= 11 is 0. The normalized spacial score (nSPS) is 19.1. The van der Waals surface area contributed by atoms with Crippen molar-refractivity contribution in [1.82, 2.24) is 0 Å². The number of hydrogen-bond donors (Lipinski definition) is 1. The highest BCUT2D eigenvalue weighted by molar-refractivity contribution is 5.61. The highest BCUT2D eigenvalue weighted by Crippen LogP contribution is 2.42. The Morgan fingerprint density at radius 1 is 1.35 bits per heavy atom. The Balaban J connectivity index is 2.35. The summed E-state index contributed by atoms with van der Waals surface area (Å²) in [5.41, 5.74) is 2.47. The minimum absolute atomic E-state index is 0.430. The van der Waals surface area contributed by atoms with Crippen LogP contribution in [0, 0.1) is 5.41 Å². The summed E-state index contributed by atoms with van der Waals surface area (Å²) in [4.78, 5) is 2.41. The average molecular weight is 277 g/mol. The highest BCUT2D eigenvalue weighted by Gasteiger charge is 2.36. The van der Waals surface area contributed by atoms with Gasteiger partial charge in [0.05, 0.1) is 13.2 Å². The molecule has 1 aliphatic heterocycles. The molecule has 112 valence electrons. The standard InChI is InChI=1S/C17H27NO2/c1-5-17(6-2)10-11-18(12-17)14-8-7-9-15(20-4)16(14)13(3)19/h7-9,13,19H,5-6,10-12H2,1-4H3. The molecule has 1 N–H and O–H groups in total. The Morgan fingerprint density at radius 3 is 2.55 bits per heavy atom. The maximum absolute atomic E-state index is 10.1. The lowest BCUT2D eigenvalue weighted by Gasteiger charge is -2.29. The van der Waals surface area contributed by atoms with Crippen molar-refractivity contribution in [3.8, 4) is 5.75 Å². The molecule has 2 rings (SSSR count). The first-order chi connectivity index (χ1) is 9.56. The highest BCUT2D eigenvalue weighted by atomic mass is 16.5. The van der Waals surface area contributed by atoms with Gasteiger partial charge in [0.15, 0.2) is 0 Å². The molecule has 0 saturated carbocycles. The van der Waals surface area contributed by atoms with Gasteiger partial charge in [-0.3, -0.25) is 0 Å². The second kappa shape index (κ2) is 6.04. The van der Waals surface area contributed by atoms with Gasteiger partial charge in [-0.05, 0) is 43.7 Å². The largest absolute Gasteiger partial charge is 0.496 e. The number of anilines is 1. The smallest absolute Gasteiger partial charge is 0.126 e. The topological polar surface area (TPSA) is 32.7 Å². The lowest BCUT2D eigenvalue weighted by molar-refractivity contribution is 0.194. The van der Waals surface area contributed by atoms with Crippen LogP contribution in [0.5, 0.6) is 5.75 Å². The van der Waals surface area contributed by atoms with E-state index in [0.29, 0.717) is 5.41 Å². The maximum Gasteiger partial charge on any atom is 0.126 e. The van der Waals surface area contributed by atoms with Crippen LogP contribution in [0.1, 0.15) is 51.7 Å². The third-order valence-electron chi connectivity index (χ3n) is 4.96. The average Bonchev–Trinajstić information content (AvgIpc) is 2.91. The van der Waals surface area contributed by atoms with Crippen LogP contribution in [0.3, 0.4) is 0 Å². The molecule has 0 radical (unpaired) electrons. The Bertz CT molecular complexity index is 452. The molecule has 3 nitrogen and oxygen atoms in total. The van der Waals surface area contributed by atoms with Crippen LogP contribution < -0.4 is 9.64 Å². The van der Waals surface area contributed by atoms with E-state index in [1.54, 1.807) is 7.11 Å². The van der Waals surface area contributed by atoms with Crippen molar-refractivity contribution in [3.63, 3.8) is 0 Å². The first kappa shape index (κ1) is 15.2. The number of hydrogen-bond acceptors (Lipinski definition) is 3. The zero-order chi connectivity index (χ0) is 14.8. The fourth-order valence-electron chi connectivity index (χ4n) is 3.37. The molecule has 3 heteroatoms. The molecular weight excluding hydrogens is 250 g/mol. The lowest BCUT2D eigenvalue weighted by atomic mass is 9.82. The Kier molecular flexibility index (Phi) is 4.59. The number of aliphatic hydroxyl groups excluding tert-OH is 1. The minimum Gasteiger partial charge on any atom is -0.496 e. The SMILES string of the molecule is CCC1(CC)CCN(c2cccc(OC)c2C(C)O)C1. The van der Waals surface area contributed by atoms with Gasteiger partial charge in [0.2, 0.25) is 0 Å². The van der Waals surface area contributed by atoms with Crippen molar-refractivity contribution >= 4 is 5.69 Å². The van der Waals surface area contributed by atoms with Gasteiger partial charge in [0.1, 0.15) is 5.75 Å². The van der Waals surface area contributed by atoms with Crippen LogP contribution in [0.15, 0.2) is 18.2 Å². The summed E-state index contributed by atoms with van der Waals surface area (Å²) in [5, 5.41) is 10.1. The molecule has 0 aromatic heterocycles. The van der Waals surface area contributed by atoms with Crippen molar-refractivity contribution < 1.29 is 9.84 Å². The zero-order valence-corrected chi connectivity index (χ0v) is 13.1. The third-order valence-corrected chi connectivity index (χ3v) is 4.96. The molecule has 1 saturated heterocycles. The molecule has 1 fully saturated rings. The summed E-state index contributed by atoms with van der Waals surface area (Å²) in [6, 6.07) is 6.04. The summed E-state index contributed by atoms with van der Waals surface area (Å²) in [6.07, 6.45) is 3.15. The van der Waals surface area contributed by atoms with Gasteiger partial charge in [0.25, 0.3) is 0 Å². The maximum atomic E-state index is 10.1.